The monoisotopic (exact) mass is 180 g/mol. The van der Waals surface area contributed by atoms with E-state index in [0.717, 1.165) is 17.9 Å². The van der Waals surface area contributed by atoms with E-state index in [1.54, 1.807) is 11.8 Å². The average molecular weight is 180 g/mol. The van der Waals surface area contributed by atoms with Crippen LogP contribution < -0.4 is 0 Å². The minimum Gasteiger partial charge on any atom is -0.297 e. The third-order valence-electron chi connectivity index (χ3n) is 1.76. The number of alkyl halides is 2. The first-order valence-corrected chi connectivity index (χ1v) is 4.71. The summed E-state index contributed by atoms with van der Waals surface area (Å²) in [7, 11) is 0. The number of rotatable bonds is 3. The van der Waals surface area contributed by atoms with Gasteiger partial charge in [-0.15, -0.1) is 0 Å². The van der Waals surface area contributed by atoms with Crippen molar-refractivity contribution in [2.45, 2.75) is 18.8 Å². The minimum absolute atomic E-state index is 0.0419. The van der Waals surface area contributed by atoms with Crippen LogP contribution in [0.3, 0.4) is 0 Å². The molecule has 0 saturated carbocycles. The molecule has 1 atom stereocenters. The second-order valence-corrected chi connectivity index (χ2v) is 3.96. The molecule has 0 aromatic carbocycles. The van der Waals surface area contributed by atoms with E-state index in [1.807, 2.05) is 0 Å². The molecule has 1 aliphatic rings. The summed E-state index contributed by atoms with van der Waals surface area (Å²) in [4.78, 5) is 9.86. The topological polar surface area (TPSA) is 17.1 Å². The smallest absolute Gasteiger partial charge is 0.297 e. The Morgan fingerprint density at radius 1 is 1.64 bits per heavy atom. The van der Waals surface area contributed by atoms with E-state index in [9.17, 15) is 13.6 Å². The highest BCUT2D eigenvalue weighted by molar-refractivity contribution is 7.99. The van der Waals surface area contributed by atoms with Crippen LogP contribution in [0.25, 0.3) is 0 Å². The van der Waals surface area contributed by atoms with Crippen LogP contribution in [0, 0.1) is 5.92 Å². The molecule has 0 bridgehead atoms. The number of hydrogen-bond donors (Lipinski definition) is 0. The summed E-state index contributed by atoms with van der Waals surface area (Å²) in [5, 5.41) is 0. The van der Waals surface area contributed by atoms with E-state index in [-0.39, 0.29) is 18.6 Å². The van der Waals surface area contributed by atoms with Gasteiger partial charge in [-0.1, -0.05) is 0 Å². The van der Waals surface area contributed by atoms with Crippen LogP contribution in [-0.2, 0) is 4.79 Å². The Morgan fingerprint density at radius 2 is 2.36 bits per heavy atom. The van der Waals surface area contributed by atoms with Gasteiger partial charge in [0.15, 0.2) is 6.29 Å². The van der Waals surface area contributed by atoms with Crippen molar-refractivity contribution in [1.82, 2.24) is 0 Å². The number of hydrogen-bond acceptors (Lipinski definition) is 2. The normalized spacial score (nSPS) is 25.5. The van der Waals surface area contributed by atoms with E-state index in [4.69, 9.17) is 0 Å². The summed E-state index contributed by atoms with van der Waals surface area (Å²) >= 11 is 1.68. The lowest BCUT2D eigenvalue weighted by atomic mass is 10.0. The van der Waals surface area contributed by atoms with Crippen molar-refractivity contribution in [3.05, 3.63) is 0 Å². The highest BCUT2D eigenvalue weighted by atomic mass is 32.2. The standard InChI is InChI=1S/C7H10F2OS/c8-7(9,5-10)3-6-1-2-11-4-6/h5-6H,1-4H2. The molecule has 4 heteroatoms. The summed E-state index contributed by atoms with van der Waals surface area (Å²) in [6, 6.07) is 0. The fraction of sp³-hybridized carbons (Fsp3) is 0.857. The maximum absolute atomic E-state index is 12.4. The fourth-order valence-corrected chi connectivity index (χ4v) is 2.46. The zero-order chi connectivity index (χ0) is 8.32. The average Bonchev–Trinajstić information content (AvgIpc) is 2.39. The van der Waals surface area contributed by atoms with Gasteiger partial charge in [-0.05, 0) is 23.8 Å². The van der Waals surface area contributed by atoms with E-state index in [0.29, 0.717) is 0 Å². The van der Waals surface area contributed by atoms with Crippen molar-refractivity contribution in [2.75, 3.05) is 11.5 Å². The maximum Gasteiger partial charge on any atom is 0.302 e. The SMILES string of the molecule is O=CC(F)(F)CC1CCSC1. The lowest BCUT2D eigenvalue weighted by Gasteiger charge is -2.12. The third kappa shape index (κ3) is 2.77. The summed E-state index contributed by atoms with van der Waals surface area (Å²) in [6.07, 6.45) is 0.327. The first-order valence-electron chi connectivity index (χ1n) is 3.56. The Hall–Kier alpha value is -0.120. The number of halogens is 2. The Morgan fingerprint density at radius 3 is 2.82 bits per heavy atom. The molecule has 1 unspecified atom stereocenters. The summed E-state index contributed by atoms with van der Waals surface area (Å²) < 4.78 is 24.9. The molecule has 1 aliphatic heterocycles. The Bertz CT molecular complexity index is 143. The van der Waals surface area contributed by atoms with Gasteiger partial charge in [0.25, 0.3) is 0 Å². The predicted molar refractivity (Wildman–Crippen MR) is 41.1 cm³/mol. The van der Waals surface area contributed by atoms with E-state index >= 15 is 0 Å². The Labute approximate surface area is 68.5 Å². The van der Waals surface area contributed by atoms with Gasteiger partial charge in [0.2, 0.25) is 0 Å². The van der Waals surface area contributed by atoms with E-state index in [1.165, 1.54) is 0 Å². The van der Waals surface area contributed by atoms with Crippen LogP contribution in [0.15, 0.2) is 0 Å². The molecule has 0 aromatic heterocycles. The van der Waals surface area contributed by atoms with E-state index in [2.05, 4.69) is 0 Å². The summed E-state index contributed by atoms with van der Waals surface area (Å²) in [5.41, 5.74) is 0. The first-order chi connectivity index (χ1) is 5.14. The van der Waals surface area contributed by atoms with Gasteiger partial charge in [0, 0.05) is 6.42 Å². The lowest BCUT2D eigenvalue weighted by Crippen LogP contribution is -2.22. The molecule has 1 fully saturated rings. The van der Waals surface area contributed by atoms with Gasteiger partial charge >= 0.3 is 5.92 Å². The van der Waals surface area contributed by atoms with Crippen molar-refractivity contribution < 1.29 is 13.6 Å². The van der Waals surface area contributed by atoms with Gasteiger partial charge in [0.05, 0.1) is 0 Å². The van der Waals surface area contributed by atoms with Crippen molar-refractivity contribution >= 4 is 18.0 Å². The first kappa shape index (κ1) is 8.97. The molecule has 0 amide bonds. The largest absolute Gasteiger partial charge is 0.302 e. The number of thioether (sulfide) groups is 1. The second kappa shape index (κ2) is 3.52. The van der Waals surface area contributed by atoms with Crippen LogP contribution in [0.4, 0.5) is 8.78 Å². The van der Waals surface area contributed by atoms with Crippen molar-refractivity contribution in [1.29, 1.82) is 0 Å². The van der Waals surface area contributed by atoms with Crippen LogP contribution in [0.1, 0.15) is 12.8 Å². The zero-order valence-electron chi connectivity index (χ0n) is 6.06. The molecule has 0 aliphatic carbocycles. The highest BCUT2D eigenvalue weighted by Crippen LogP contribution is 2.31. The van der Waals surface area contributed by atoms with E-state index < -0.39 is 5.92 Å². The highest BCUT2D eigenvalue weighted by Gasteiger charge is 2.33. The second-order valence-electron chi connectivity index (χ2n) is 2.81. The molecule has 1 rings (SSSR count). The molecule has 0 radical (unpaired) electrons. The molecule has 1 nitrogen and oxygen atoms in total. The Kier molecular flexibility index (Phi) is 2.87. The summed E-state index contributed by atoms with van der Waals surface area (Å²) in [5.74, 6) is -1.31. The zero-order valence-corrected chi connectivity index (χ0v) is 6.87. The lowest BCUT2D eigenvalue weighted by molar-refractivity contribution is -0.131. The number of carbonyl (C=O) groups excluding carboxylic acids is 1. The van der Waals surface area contributed by atoms with Gasteiger partial charge in [-0.3, -0.25) is 4.79 Å². The van der Waals surface area contributed by atoms with Crippen molar-refractivity contribution in [3.63, 3.8) is 0 Å². The molecule has 0 spiro atoms. The quantitative estimate of drug-likeness (QED) is 0.617. The molecule has 64 valence electrons. The van der Waals surface area contributed by atoms with Crippen LogP contribution in [0.2, 0.25) is 0 Å². The molecule has 0 N–H and O–H groups in total. The van der Waals surface area contributed by atoms with Gasteiger partial charge in [0.1, 0.15) is 0 Å². The predicted octanol–water partition coefficient (Wildman–Crippen LogP) is 1.96. The van der Waals surface area contributed by atoms with Gasteiger partial charge in [-0.25, -0.2) is 0 Å². The van der Waals surface area contributed by atoms with Crippen molar-refractivity contribution in [3.8, 4) is 0 Å². The fourth-order valence-electron chi connectivity index (χ4n) is 1.18. The minimum atomic E-state index is -3.09. The molecule has 11 heavy (non-hydrogen) atoms. The van der Waals surface area contributed by atoms with Gasteiger partial charge < -0.3 is 0 Å². The number of carbonyl (C=O) groups is 1. The molecule has 1 heterocycles. The van der Waals surface area contributed by atoms with Crippen LogP contribution in [-0.4, -0.2) is 23.7 Å². The van der Waals surface area contributed by atoms with Gasteiger partial charge in [-0.2, -0.15) is 20.5 Å². The molecular weight excluding hydrogens is 170 g/mol. The molecular formula is C7H10F2OS. The molecule has 0 aromatic rings. The number of aldehydes is 1. The third-order valence-corrected chi connectivity index (χ3v) is 2.99. The van der Waals surface area contributed by atoms with Crippen LogP contribution >= 0.6 is 11.8 Å². The Balaban J connectivity index is 2.33. The summed E-state index contributed by atoms with van der Waals surface area (Å²) in [6.45, 7) is 0. The van der Waals surface area contributed by atoms with Crippen LogP contribution in [0.5, 0.6) is 0 Å². The molecule has 1 saturated heterocycles. The maximum atomic E-state index is 12.4. The van der Waals surface area contributed by atoms with Crippen molar-refractivity contribution in [2.24, 2.45) is 5.92 Å².